The molecular weight excluding hydrogens is 426 g/mol. The lowest BCUT2D eigenvalue weighted by Crippen LogP contribution is -2.24. The monoisotopic (exact) mass is 457 g/mol. The Hall–Kier alpha value is -3.62. The van der Waals surface area contributed by atoms with Gasteiger partial charge in [-0.3, -0.25) is 9.78 Å². The van der Waals surface area contributed by atoms with Gasteiger partial charge in [-0.2, -0.15) is 5.10 Å². The number of carbonyl (C=O) groups excluding carboxylic acids is 1. The van der Waals surface area contributed by atoms with Crippen LogP contribution in [0.5, 0.6) is 0 Å². The van der Waals surface area contributed by atoms with Crippen molar-refractivity contribution in [2.24, 2.45) is 5.73 Å². The first kappa shape index (κ1) is 23.5. The predicted molar refractivity (Wildman–Crippen MR) is 134 cm³/mol. The van der Waals surface area contributed by atoms with E-state index in [4.69, 9.17) is 10.7 Å². The van der Waals surface area contributed by atoms with Crippen molar-refractivity contribution in [3.8, 4) is 11.3 Å². The molecule has 0 atom stereocenters. The van der Waals surface area contributed by atoms with Gasteiger partial charge in [0.15, 0.2) is 5.65 Å². The number of hydrogen-bond donors (Lipinski definition) is 2. The van der Waals surface area contributed by atoms with Crippen LogP contribution in [0.3, 0.4) is 0 Å². The first-order valence-electron chi connectivity index (χ1n) is 11.5. The Morgan fingerprint density at radius 2 is 1.94 bits per heavy atom. The maximum Gasteiger partial charge on any atom is 0.252 e. The molecule has 3 heterocycles. The molecule has 0 aliphatic rings. The third kappa shape index (κ3) is 5.30. The van der Waals surface area contributed by atoms with Crippen molar-refractivity contribution in [1.29, 1.82) is 0 Å². The number of nitrogens with two attached hydrogens (primary N) is 1. The highest BCUT2D eigenvalue weighted by atomic mass is 16.1. The SMILES string of the molecule is CC(C)n1ncc2c(C(=O)NCc3ccncc3)cc(-c3cccc(CN(C)CCN)c3)nc21. The molecule has 176 valence electrons. The van der Waals surface area contributed by atoms with Crippen molar-refractivity contribution < 1.29 is 4.79 Å². The second-order valence-corrected chi connectivity index (χ2v) is 8.74. The van der Waals surface area contributed by atoms with E-state index in [1.165, 1.54) is 0 Å². The zero-order valence-electron chi connectivity index (χ0n) is 19.9. The number of amides is 1. The number of carbonyl (C=O) groups is 1. The van der Waals surface area contributed by atoms with Gasteiger partial charge in [-0.25, -0.2) is 9.67 Å². The maximum absolute atomic E-state index is 13.3. The first-order chi connectivity index (χ1) is 16.5. The smallest absolute Gasteiger partial charge is 0.252 e. The van der Waals surface area contributed by atoms with Gasteiger partial charge >= 0.3 is 0 Å². The summed E-state index contributed by atoms with van der Waals surface area (Å²) in [7, 11) is 2.05. The summed E-state index contributed by atoms with van der Waals surface area (Å²) < 4.78 is 1.86. The first-order valence-corrected chi connectivity index (χ1v) is 11.5. The lowest BCUT2D eigenvalue weighted by Gasteiger charge is -2.16. The molecule has 34 heavy (non-hydrogen) atoms. The fraction of sp³-hybridized carbons (Fsp3) is 0.308. The molecule has 3 N–H and O–H groups in total. The average molecular weight is 458 g/mol. The number of nitrogens with zero attached hydrogens (tertiary/aromatic N) is 5. The number of nitrogens with one attached hydrogen (secondary N) is 1. The zero-order chi connectivity index (χ0) is 24.1. The van der Waals surface area contributed by atoms with Crippen LogP contribution in [0.2, 0.25) is 0 Å². The average Bonchev–Trinajstić information content (AvgIpc) is 3.27. The lowest BCUT2D eigenvalue weighted by atomic mass is 10.0. The van der Waals surface area contributed by atoms with Crippen LogP contribution in [0.15, 0.2) is 61.1 Å². The molecule has 0 fully saturated rings. The van der Waals surface area contributed by atoms with Gasteiger partial charge in [0.05, 0.1) is 22.8 Å². The molecule has 0 saturated carbocycles. The predicted octanol–water partition coefficient (Wildman–Crippen LogP) is 3.39. The molecule has 1 aromatic carbocycles. The van der Waals surface area contributed by atoms with Crippen LogP contribution in [0.4, 0.5) is 0 Å². The standard InChI is InChI=1S/C26H31N7O/c1-18(2)33-25-23(16-30-33)22(26(34)29-15-19-7-10-28-11-8-19)14-24(31-25)21-6-4-5-20(13-21)17-32(3)12-9-27/h4-8,10-11,13-14,16,18H,9,12,15,17,27H2,1-3H3,(H,29,34). The molecule has 1 amide bonds. The van der Waals surface area contributed by atoms with Gasteiger partial charge < -0.3 is 16.0 Å². The number of rotatable bonds is 9. The van der Waals surface area contributed by atoms with Crippen molar-refractivity contribution in [3.05, 3.63) is 77.7 Å². The summed E-state index contributed by atoms with van der Waals surface area (Å²) in [5.74, 6) is -0.160. The minimum atomic E-state index is -0.160. The minimum Gasteiger partial charge on any atom is -0.348 e. The third-order valence-electron chi connectivity index (χ3n) is 5.69. The number of hydrogen-bond acceptors (Lipinski definition) is 6. The molecule has 0 spiro atoms. The Morgan fingerprint density at radius 3 is 2.68 bits per heavy atom. The summed E-state index contributed by atoms with van der Waals surface area (Å²) >= 11 is 0. The van der Waals surface area contributed by atoms with Crippen molar-refractivity contribution in [2.75, 3.05) is 20.1 Å². The summed E-state index contributed by atoms with van der Waals surface area (Å²) in [4.78, 5) is 24.4. The molecule has 4 aromatic rings. The van der Waals surface area contributed by atoms with Gasteiger partial charge in [0.25, 0.3) is 5.91 Å². The van der Waals surface area contributed by atoms with E-state index in [0.717, 1.165) is 40.9 Å². The maximum atomic E-state index is 13.3. The third-order valence-corrected chi connectivity index (χ3v) is 5.69. The summed E-state index contributed by atoms with van der Waals surface area (Å²) in [6.45, 7) is 6.75. The normalized spacial score (nSPS) is 11.5. The lowest BCUT2D eigenvalue weighted by molar-refractivity contribution is 0.0952. The number of aromatic nitrogens is 4. The van der Waals surface area contributed by atoms with E-state index in [-0.39, 0.29) is 11.9 Å². The van der Waals surface area contributed by atoms with Crippen LogP contribution in [-0.2, 0) is 13.1 Å². The molecule has 8 heteroatoms. The fourth-order valence-corrected chi connectivity index (χ4v) is 3.95. The summed E-state index contributed by atoms with van der Waals surface area (Å²) in [5.41, 5.74) is 10.8. The van der Waals surface area contributed by atoms with Crippen LogP contribution in [0.25, 0.3) is 22.3 Å². The zero-order valence-corrected chi connectivity index (χ0v) is 19.9. The Kier molecular flexibility index (Phi) is 7.30. The number of fused-ring (bicyclic) bond motifs is 1. The van der Waals surface area contributed by atoms with Crippen molar-refractivity contribution in [3.63, 3.8) is 0 Å². The Bertz CT molecular complexity index is 1270. The number of pyridine rings is 2. The summed E-state index contributed by atoms with van der Waals surface area (Å²) in [6.07, 6.45) is 5.16. The van der Waals surface area contributed by atoms with E-state index in [0.29, 0.717) is 24.3 Å². The molecular formula is C26H31N7O. The summed E-state index contributed by atoms with van der Waals surface area (Å²) in [5, 5.41) is 8.28. The van der Waals surface area contributed by atoms with Gasteiger partial charge in [0.1, 0.15) is 0 Å². The molecule has 4 rings (SSSR count). The molecule has 0 aliphatic heterocycles. The van der Waals surface area contributed by atoms with Gasteiger partial charge in [-0.15, -0.1) is 0 Å². The van der Waals surface area contributed by atoms with E-state index < -0.39 is 0 Å². The second-order valence-electron chi connectivity index (χ2n) is 8.74. The highest BCUT2D eigenvalue weighted by Crippen LogP contribution is 2.27. The molecule has 0 bridgehead atoms. The van der Waals surface area contributed by atoms with Crippen molar-refractivity contribution >= 4 is 16.9 Å². The molecule has 0 saturated heterocycles. The Labute approximate surface area is 199 Å². The topological polar surface area (TPSA) is 102 Å². The van der Waals surface area contributed by atoms with Gasteiger partial charge in [-0.1, -0.05) is 18.2 Å². The number of benzene rings is 1. The molecule has 0 radical (unpaired) electrons. The Balaban J connectivity index is 1.71. The van der Waals surface area contributed by atoms with Crippen LogP contribution in [0, 0.1) is 0 Å². The van der Waals surface area contributed by atoms with Crippen LogP contribution >= 0.6 is 0 Å². The largest absolute Gasteiger partial charge is 0.348 e. The quantitative estimate of drug-likeness (QED) is 0.399. The fourth-order valence-electron chi connectivity index (χ4n) is 3.95. The number of likely N-dealkylation sites (N-methyl/N-ethyl adjacent to an activating group) is 1. The molecule has 0 unspecified atom stereocenters. The van der Waals surface area contributed by atoms with Crippen LogP contribution in [-0.4, -0.2) is 50.7 Å². The van der Waals surface area contributed by atoms with Gasteiger partial charge in [-0.05, 0) is 56.3 Å². The highest BCUT2D eigenvalue weighted by Gasteiger charge is 2.19. The van der Waals surface area contributed by atoms with E-state index in [9.17, 15) is 4.79 Å². The second kappa shape index (κ2) is 10.5. The van der Waals surface area contributed by atoms with E-state index >= 15 is 0 Å². The van der Waals surface area contributed by atoms with Crippen LogP contribution in [0.1, 0.15) is 41.4 Å². The summed E-state index contributed by atoms with van der Waals surface area (Å²) in [6, 6.07) is 14.0. The molecule has 0 aliphatic carbocycles. The van der Waals surface area contributed by atoms with E-state index in [1.54, 1.807) is 18.6 Å². The minimum absolute atomic E-state index is 0.115. The van der Waals surface area contributed by atoms with Crippen LogP contribution < -0.4 is 11.1 Å². The van der Waals surface area contributed by atoms with Gasteiger partial charge in [0, 0.05) is 50.2 Å². The molecule has 3 aromatic heterocycles. The highest BCUT2D eigenvalue weighted by molar-refractivity contribution is 6.06. The van der Waals surface area contributed by atoms with E-state index in [1.807, 2.05) is 35.0 Å². The van der Waals surface area contributed by atoms with Crippen molar-refractivity contribution in [1.82, 2.24) is 30.0 Å². The Morgan fingerprint density at radius 1 is 1.15 bits per heavy atom. The molecule has 8 nitrogen and oxygen atoms in total. The van der Waals surface area contributed by atoms with Gasteiger partial charge in [0.2, 0.25) is 0 Å². The van der Waals surface area contributed by atoms with Crippen molar-refractivity contribution in [2.45, 2.75) is 33.0 Å². The van der Waals surface area contributed by atoms with E-state index in [2.05, 4.69) is 53.3 Å².